The van der Waals surface area contributed by atoms with E-state index in [0.29, 0.717) is 12.6 Å². The second-order valence-corrected chi connectivity index (χ2v) is 5.88. The molecule has 0 bridgehead atoms. The van der Waals surface area contributed by atoms with Crippen molar-refractivity contribution in [3.63, 3.8) is 0 Å². The molecule has 0 radical (unpaired) electrons. The van der Waals surface area contributed by atoms with Crippen LogP contribution in [0, 0.1) is 0 Å². The van der Waals surface area contributed by atoms with Crippen LogP contribution in [-0.2, 0) is 4.79 Å². The molecule has 116 valence electrons. The molecule has 0 unspecified atom stereocenters. The largest absolute Gasteiger partial charge is 0.336 e. The maximum absolute atomic E-state index is 11.7. The van der Waals surface area contributed by atoms with Crippen molar-refractivity contribution in [2.75, 3.05) is 6.54 Å². The molecule has 0 aliphatic heterocycles. The van der Waals surface area contributed by atoms with Crippen LogP contribution in [0.2, 0.25) is 0 Å². The highest BCUT2D eigenvalue weighted by Crippen LogP contribution is 2.14. The second-order valence-electron chi connectivity index (χ2n) is 5.88. The second kappa shape index (κ2) is 9.75. The van der Waals surface area contributed by atoms with Crippen molar-refractivity contribution < 1.29 is 14.9 Å². The molecule has 3 amide bonds. The molecule has 1 atom stereocenters. The highest BCUT2D eigenvalue weighted by molar-refractivity contribution is 5.94. The molecule has 1 saturated carbocycles. The molecule has 5 heteroatoms. The van der Waals surface area contributed by atoms with Crippen LogP contribution in [0.4, 0.5) is 4.79 Å². The number of rotatable bonds is 5. The van der Waals surface area contributed by atoms with Crippen LogP contribution < -0.4 is 16.0 Å². The van der Waals surface area contributed by atoms with Gasteiger partial charge in [0.2, 0.25) is 0 Å². The van der Waals surface area contributed by atoms with Crippen molar-refractivity contribution in [3.8, 4) is 0 Å². The lowest BCUT2D eigenvalue weighted by Gasteiger charge is -2.18. The van der Waals surface area contributed by atoms with E-state index in [0.717, 1.165) is 6.42 Å². The minimum atomic E-state index is -0.379. The van der Waals surface area contributed by atoms with Crippen LogP contribution in [0.25, 0.3) is 0 Å². The molecule has 0 spiro atoms. The van der Waals surface area contributed by atoms with Gasteiger partial charge in [-0.1, -0.05) is 26.2 Å². The van der Waals surface area contributed by atoms with Gasteiger partial charge in [0, 0.05) is 6.04 Å². The van der Waals surface area contributed by atoms with E-state index in [1.807, 2.05) is 13.8 Å². The van der Waals surface area contributed by atoms with Crippen LogP contribution >= 0.6 is 0 Å². The average Bonchev–Trinajstić information content (AvgIpc) is 2.37. The first-order chi connectivity index (χ1) is 9.61. The summed E-state index contributed by atoms with van der Waals surface area (Å²) in [6.45, 7) is 4.26. The standard InChI is InChI=1S/C15H29N3O2/c1-3-12(2)17-15(20)18-14(19)11-16-13-9-7-5-4-6-8-10-13/h12-13,16H,3-11H2,1-2H3,(H2,17,18,19,20)/p+1/t12-/m1/s1. The van der Waals surface area contributed by atoms with Crippen molar-refractivity contribution in [1.29, 1.82) is 0 Å². The molecule has 1 fully saturated rings. The Morgan fingerprint density at radius 3 is 2.35 bits per heavy atom. The molecule has 0 aromatic heterocycles. The molecule has 20 heavy (non-hydrogen) atoms. The first kappa shape index (κ1) is 17.0. The lowest BCUT2D eigenvalue weighted by Crippen LogP contribution is -2.92. The van der Waals surface area contributed by atoms with Crippen molar-refractivity contribution in [2.24, 2.45) is 0 Å². The molecular formula is C15H30N3O2+. The van der Waals surface area contributed by atoms with Crippen molar-refractivity contribution in [2.45, 2.75) is 77.3 Å². The maximum atomic E-state index is 11.7. The van der Waals surface area contributed by atoms with E-state index in [4.69, 9.17) is 0 Å². The summed E-state index contributed by atoms with van der Waals surface area (Å²) < 4.78 is 0. The van der Waals surface area contributed by atoms with Crippen molar-refractivity contribution in [1.82, 2.24) is 10.6 Å². The molecule has 4 N–H and O–H groups in total. The lowest BCUT2D eigenvalue weighted by molar-refractivity contribution is -0.680. The Morgan fingerprint density at radius 2 is 1.75 bits per heavy atom. The van der Waals surface area contributed by atoms with Crippen molar-refractivity contribution in [3.05, 3.63) is 0 Å². The first-order valence-electron chi connectivity index (χ1n) is 8.05. The summed E-state index contributed by atoms with van der Waals surface area (Å²) in [6, 6.07) is 0.256. The number of quaternary nitrogens is 1. The number of hydrogen-bond donors (Lipinski definition) is 3. The van der Waals surface area contributed by atoms with Gasteiger partial charge in [0.25, 0.3) is 5.91 Å². The monoisotopic (exact) mass is 284 g/mol. The van der Waals surface area contributed by atoms with Crippen LogP contribution in [-0.4, -0.2) is 30.6 Å². The predicted molar refractivity (Wildman–Crippen MR) is 79.3 cm³/mol. The van der Waals surface area contributed by atoms with E-state index in [-0.39, 0.29) is 18.0 Å². The zero-order valence-corrected chi connectivity index (χ0v) is 12.9. The van der Waals surface area contributed by atoms with Gasteiger partial charge in [-0.25, -0.2) is 4.79 Å². The molecule has 0 saturated heterocycles. The van der Waals surface area contributed by atoms with Crippen LogP contribution in [0.15, 0.2) is 0 Å². The molecule has 5 nitrogen and oxygen atoms in total. The van der Waals surface area contributed by atoms with E-state index < -0.39 is 0 Å². The number of urea groups is 1. The number of nitrogens with two attached hydrogens (primary N) is 1. The zero-order valence-electron chi connectivity index (χ0n) is 12.9. The molecule has 0 heterocycles. The summed E-state index contributed by atoms with van der Waals surface area (Å²) in [5.41, 5.74) is 0. The Kier molecular flexibility index (Phi) is 8.26. The van der Waals surface area contributed by atoms with E-state index in [9.17, 15) is 9.59 Å². The van der Waals surface area contributed by atoms with E-state index in [1.165, 1.54) is 44.9 Å². The molecular weight excluding hydrogens is 254 g/mol. The Balaban J connectivity index is 2.19. The van der Waals surface area contributed by atoms with Gasteiger partial charge in [0.15, 0.2) is 6.54 Å². The summed E-state index contributed by atoms with van der Waals surface area (Å²) in [5, 5.41) is 7.22. The number of hydrogen-bond acceptors (Lipinski definition) is 2. The Labute approximate surface area is 122 Å². The molecule has 0 aromatic rings. The van der Waals surface area contributed by atoms with Gasteiger partial charge in [0.05, 0.1) is 6.04 Å². The van der Waals surface area contributed by atoms with Gasteiger partial charge in [-0.05, 0) is 39.0 Å². The van der Waals surface area contributed by atoms with Gasteiger partial charge >= 0.3 is 6.03 Å². The number of amides is 3. The van der Waals surface area contributed by atoms with Crippen LogP contribution in [0.1, 0.15) is 65.2 Å². The topological polar surface area (TPSA) is 74.8 Å². The van der Waals surface area contributed by atoms with Gasteiger partial charge in [-0.2, -0.15) is 0 Å². The lowest BCUT2D eigenvalue weighted by atomic mass is 9.97. The molecule has 1 rings (SSSR count). The fraction of sp³-hybridized carbons (Fsp3) is 0.867. The van der Waals surface area contributed by atoms with Crippen LogP contribution in [0.5, 0.6) is 0 Å². The Hall–Kier alpha value is -1.10. The number of nitrogens with one attached hydrogen (secondary N) is 2. The SMILES string of the molecule is CC[C@@H](C)NC(=O)NC(=O)C[NH2+]C1CCCCCCC1. The molecule has 0 aromatic carbocycles. The Morgan fingerprint density at radius 1 is 1.15 bits per heavy atom. The number of carbonyl (C=O) groups is 2. The van der Waals surface area contributed by atoms with Gasteiger partial charge in [-0.3, -0.25) is 10.1 Å². The fourth-order valence-electron chi connectivity index (χ4n) is 2.54. The summed E-state index contributed by atoms with van der Waals surface area (Å²) in [4.78, 5) is 23.2. The Bertz CT molecular complexity index is 299. The minimum absolute atomic E-state index is 0.0948. The smallest absolute Gasteiger partial charge is 0.321 e. The maximum Gasteiger partial charge on any atom is 0.321 e. The molecule has 1 aliphatic carbocycles. The minimum Gasteiger partial charge on any atom is -0.336 e. The summed E-state index contributed by atoms with van der Waals surface area (Å²) in [5.74, 6) is -0.201. The normalized spacial score (nSPS) is 18.7. The van der Waals surface area contributed by atoms with Gasteiger partial charge in [0.1, 0.15) is 0 Å². The van der Waals surface area contributed by atoms with E-state index in [2.05, 4.69) is 16.0 Å². The summed E-state index contributed by atoms with van der Waals surface area (Å²) >= 11 is 0. The summed E-state index contributed by atoms with van der Waals surface area (Å²) in [6.07, 6.45) is 9.73. The zero-order chi connectivity index (χ0) is 14.8. The summed E-state index contributed by atoms with van der Waals surface area (Å²) in [7, 11) is 0. The highest BCUT2D eigenvalue weighted by atomic mass is 16.2. The third-order valence-electron chi connectivity index (χ3n) is 4.03. The van der Waals surface area contributed by atoms with E-state index >= 15 is 0 Å². The van der Waals surface area contributed by atoms with Gasteiger partial charge < -0.3 is 10.6 Å². The average molecular weight is 284 g/mol. The number of carbonyl (C=O) groups excluding carboxylic acids is 2. The first-order valence-corrected chi connectivity index (χ1v) is 8.05. The third kappa shape index (κ3) is 7.48. The molecule has 1 aliphatic rings. The number of imide groups is 1. The quantitative estimate of drug-likeness (QED) is 0.711. The van der Waals surface area contributed by atoms with Crippen molar-refractivity contribution >= 4 is 11.9 Å². The van der Waals surface area contributed by atoms with Gasteiger partial charge in [-0.15, -0.1) is 0 Å². The predicted octanol–water partition coefficient (Wildman–Crippen LogP) is 1.29. The van der Waals surface area contributed by atoms with E-state index in [1.54, 1.807) is 0 Å². The third-order valence-corrected chi connectivity index (χ3v) is 4.03. The highest BCUT2D eigenvalue weighted by Gasteiger charge is 2.17. The van der Waals surface area contributed by atoms with Crippen LogP contribution in [0.3, 0.4) is 0 Å². The fourth-order valence-corrected chi connectivity index (χ4v) is 2.54.